The van der Waals surface area contributed by atoms with Gasteiger partial charge in [-0.25, -0.2) is 13.8 Å². The molecule has 0 aliphatic heterocycles. The minimum atomic E-state index is -0.703. The number of fused-ring (bicyclic) bond motifs is 1. The standard InChI is InChI=1S/C13H9F2N3O/c1-19-11-6-16-3-2-8(11)13-17-10-5-7(14)4-9(15)12(10)18-13/h2-6H,1H3,(H,17,18). The summed E-state index contributed by atoms with van der Waals surface area (Å²) >= 11 is 0. The van der Waals surface area contributed by atoms with Gasteiger partial charge in [-0.05, 0) is 12.1 Å². The van der Waals surface area contributed by atoms with Crippen LogP contribution in [0.4, 0.5) is 8.78 Å². The normalized spacial score (nSPS) is 10.9. The summed E-state index contributed by atoms with van der Waals surface area (Å²) in [6.07, 6.45) is 3.10. The number of imidazole rings is 1. The Kier molecular flexibility index (Phi) is 2.63. The molecule has 0 radical (unpaired) electrons. The summed E-state index contributed by atoms with van der Waals surface area (Å²) in [5.74, 6) is -0.450. The number of hydrogen-bond donors (Lipinski definition) is 1. The van der Waals surface area contributed by atoms with E-state index >= 15 is 0 Å². The molecule has 0 atom stereocenters. The van der Waals surface area contributed by atoms with Crippen molar-refractivity contribution in [3.63, 3.8) is 0 Å². The summed E-state index contributed by atoms with van der Waals surface area (Å²) in [6, 6.07) is 3.68. The zero-order chi connectivity index (χ0) is 13.4. The van der Waals surface area contributed by atoms with Crippen molar-refractivity contribution in [1.82, 2.24) is 15.0 Å². The van der Waals surface area contributed by atoms with Crippen LogP contribution in [-0.4, -0.2) is 22.1 Å². The molecule has 0 amide bonds. The second-order valence-corrected chi connectivity index (χ2v) is 3.95. The Morgan fingerprint density at radius 2 is 2.11 bits per heavy atom. The summed E-state index contributed by atoms with van der Waals surface area (Å²) in [5.41, 5.74) is 1.02. The quantitative estimate of drug-likeness (QED) is 0.771. The van der Waals surface area contributed by atoms with Crippen molar-refractivity contribution in [3.05, 3.63) is 42.2 Å². The molecule has 6 heteroatoms. The molecule has 0 aliphatic rings. The fourth-order valence-electron chi connectivity index (χ4n) is 1.91. The van der Waals surface area contributed by atoms with E-state index in [-0.39, 0.29) is 5.52 Å². The number of pyridine rings is 1. The molecule has 4 nitrogen and oxygen atoms in total. The first-order valence-electron chi connectivity index (χ1n) is 5.52. The number of aromatic nitrogens is 3. The van der Waals surface area contributed by atoms with Gasteiger partial charge in [-0.2, -0.15) is 0 Å². The molecule has 0 bridgehead atoms. The molecule has 0 aliphatic carbocycles. The topological polar surface area (TPSA) is 50.8 Å². The van der Waals surface area contributed by atoms with E-state index in [1.807, 2.05) is 0 Å². The van der Waals surface area contributed by atoms with Crippen molar-refractivity contribution in [2.75, 3.05) is 7.11 Å². The fraction of sp³-hybridized carbons (Fsp3) is 0.0769. The maximum atomic E-state index is 13.6. The van der Waals surface area contributed by atoms with Gasteiger partial charge in [0.25, 0.3) is 0 Å². The van der Waals surface area contributed by atoms with E-state index in [4.69, 9.17) is 4.74 Å². The van der Waals surface area contributed by atoms with E-state index in [1.165, 1.54) is 19.4 Å². The molecule has 3 rings (SSSR count). The van der Waals surface area contributed by atoms with Crippen LogP contribution in [-0.2, 0) is 0 Å². The molecule has 0 fully saturated rings. The Morgan fingerprint density at radius 1 is 1.26 bits per heavy atom. The van der Waals surface area contributed by atoms with Gasteiger partial charge in [0.05, 0.1) is 24.4 Å². The van der Waals surface area contributed by atoms with Gasteiger partial charge in [0.1, 0.15) is 22.9 Å². The maximum absolute atomic E-state index is 13.6. The van der Waals surface area contributed by atoms with Gasteiger partial charge in [0.15, 0.2) is 5.82 Å². The molecule has 0 saturated carbocycles. The van der Waals surface area contributed by atoms with Crippen LogP contribution < -0.4 is 4.74 Å². The first kappa shape index (κ1) is 11.6. The van der Waals surface area contributed by atoms with Crippen LogP contribution in [0.5, 0.6) is 5.75 Å². The van der Waals surface area contributed by atoms with E-state index in [1.54, 1.807) is 12.3 Å². The van der Waals surface area contributed by atoms with Gasteiger partial charge in [-0.3, -0.25) is 4.98 Å². The van der Waals surface area contributed by atoms with E-state index in [9.17, 15) is 8.78 Å². The minimum Gasteiger partial charge on any atom is -0.494 e. The Labute approximate surface area is 107 Å². The van der Waals surface area contributed by atoms with Gasteiger partial charge in [-0.15, -0.1) is 0 Å². The third-order valence-electron chi connectivity index (χ3n) is 2.76. The number of H-pyrrole nitrogens is 1. The molecule has 1 aromatic carbocycles. The van der Waals surface area contributed by atoms with Gasteiger partial charge in [0, 0.05) is 12.3 Å². The van der Waals surface area contributed by atoms with Gasteiger partial charge >= 0.3 is 0 Å². The van der Waals surface area contributed by atoms with E-state index in [0.29, 0.717) is 22.7 Å². The first-order valence-corrected chi connectivity index (χ1v) is 5.52. The van der Waals surface area contributed by atoms with Crippen molar-refractivity contribution in [2.24, 2.45) is 0 Å². The van der Waals surface area contributed by atoms with Crippen LogP contribution in [0.15, 0.2) is 30.6 Å². The Morgan fingerprint density at radius 3 is 2.89 bits per heavy atom. The number of methoxy groups -OCH3 is 1. The fourth-order valence-corrected chi connectivity index (χ4v) is 1.91. The predicted molar refractivity (Wildman–Crippen MR) is 65.8 cm³/mol. The molecule has 2 aromatic heterocycles. The number of benzene rings is 1. The van der Waals surface area contributed by atoms with Crippen LogP contribution in [0.1, 0.15) is 0 Å². The molecular formula is C13H9F2N3O. The van der Waals surface area contributed by atoms with Crippen LogP contribution in [0.25, 0.3) is 22.4 Å². The summed E-state index contributed by atoms with van der Waals surface area (Å²) in [7, 11) is 1.50. The smallest absolute Gasteiger partial charge is 0.153 e. The zero-order valence-corrected chi connectivity index (χ0v) is 9.95. The van der Waals surface area contributed by atoms with E-state index in [0.717, 1.165) is 6.07 Å². The van der Waals surface area contributed by atoms with Crippen LogP contribution in [0.3, 0.4) is 0 Å². The average Bonchev–Trinajstić information content (AvgIpc) is 2.82. The highest BCUT2D eigenvalue weighted by Crippen LogP contribution is 2.29. The lowest BCUT2D eigenvalue weighted by molar-refractivity contribution is 0.414. The molecule has 3 aromatic rings. The van der Waals surface area contributed by atoms with E-state index in [2.05, 4.69) is 15.0 Å². The largest absolute Gasteiger partial charge is 0.494 e. The molecular weight excluding hydrogens is 252 g/mol. The van der Waals surface area contributed by atoms with E-state index < -0.39 is 11.6 Å². The van der Waals surface area contributed by atoms with Crippen molar-refractivity contribution in [2.45, 2.75) is 0 Å². The highest BCUT2D eigenvalue weighted by molar-refractivity contribution is 5.81. The third-order valence-corrected chi connectivity index (χ3v) is 2.76. The van der Waals surface area contributed by atoms with Crippen molar-refractivity contribution >= 4 is 11.0 Å². The summed E-state index contributed by atoms with van der Waals surface area (Å²) in [5, 5.41) is 0. The number of halogens is 2. The average molecular weight is 261 g/mol. The molecule has 0 spiro atoms. The van der Waals surface area contributed by atoms with Crippen LogP contribution in [0, 0.1) is 11.6 Å². The zero-order valence-electron chi connectivity index (χ0n) is 9.95. The number of rotatable bonds is 2. The number of aromatic amines is 1. The first-order chi connectivity index (χ1) is 9.19. The Bertz CT molecular complexity index is 755. The van der Waals surface area contributed by atoms with Crippen molar-refractivity contribution in [3.8, 4) is 17.1 Å². The van der Waals surface area contributed by atoms with Crippen molar-refractivity contribution < 1.29 is 13.5 Å². The van der Waals surface area contributed by atoms with Crippen LogP contribution >= 0.6 is 0 Å². The summed E-state index contributed by atoms with van der Waals surface area (Å²) < 4.78 is 31.9. The summed E-state index contributed by atoms with van der Waals surface area (Å²) in [6.45, 7) is 0. The summed E-state index contributed by atoms with van der Waals surface area (Å²) in [4.78, 5) is 10.9. The molecule has 0 unspecified atom stereocenters. The van der Waals surface area contributed by atoms with Gasteiger partial charge in [0.2, 0.25) is 0 Å². The predicted octanol–water partition coefficient (Wildman–Crippen LogP) is 2.91. The number of nitrogens with one attached hydrogen (secondary N) is 1. The Balaban J connectivity index is 2.23. The lowest BCUT2D eigenvalue weighted by Gasteiger charge is -2.03. The second-order valence-electron chi connectivity index (χ2n) is 3.95. The maximum Gasteiger partial charge on any atom is 0.153 e. The molecule has 96 valence electrons. The molecule has 1 N–H and O–H groups in total. The number of ether oxygens (including phenoxy) is 1. The monoisotopic (exact) mass is 261 g/mol. The SMILES string of the molecule is COc1cnccc1-c1nc2c(F)cc(F)cc2[nH]1. The number of hydrogen-bond acceptors (Lipinski definition) is 3. The number of nitrogens with zero attached hydrogens (tertiary/aromatic N) is 2. The van der Waals surface area contributed by atoms with Crippen LogP contribution in [0.2, 0.25) is 0 Å². The molecule has 0 saturated heterocycles. The van der Waals surface area contributed by atoms with Crippen molar-refractivity contribution in [1.29, 1.82) is 0 Å². The Hall–Kier alpha value is -2.50. The second kappa shape index (κ2) is 4.31. The lowest BCUT2D eigenvalue weighted by atomic mass is 10.2. The molecule has 19 heavy (non-hydrogen) atoms. The molecule has 2 heterocycles. The van der Waals surface area contributed by atoms with Gasteiger partial charge < -0.3 is 9.72 Å². The highest BCUT2D eigenvalue weighted by Gasteiger charge is 2.13. The highest BCUT2D eigenvalue weighted by atomic mass is 19.1. The minimum absolute atomic E-state index is 0.0928. The lowest BCUT2D eigenvalue weighted by Crippen LogP contribution is -1.90. The van der Waals surface area contributed by atoms with Gasteiger partial charge in [-0.1, -0.05) is 0 Å². The third kappa shape index (κ3) is 1.91.